The third-order valence-electron chi connectivity index (χ3n) is 4.43. The van der Waals surface area contributed by atoms with E-state index in [1.54, 1.807) is 23.5 Å². The van der Waals surface area contributed by atoms with Crippen LogP contribution in [-0.2, 0) is 6.42 Å². The molecule has 124 valence electrons. The lowest BCUT2D eigenvalue weighted by Gasteiger charge is -2.20. The summed E-state index contributed by atoms with van der Waals surface area (Å²) in [5.41, 5.74) is 1.15. The van der Waals surface area contributed by atoms with Crippen LogP contribution in [0.3, 0.4) is 0 Å². The Morgan fingerprint density at radius 2 is 1.91 bits per heavy atom. The molecule has 2 aromatic rings. The Hall–Kier alpha value is -1.69. The standard InChI is InChI=1S/C17H24N4OS/c1-22-15-9-7-13(8-10-15)11-16-19-20-17(21(16)18)23-12-14-5-3-2-4-6-14/h7-10,14H,2-6,11-12,18H2,1H3. The summed E-state index contributed by atoms with van der Waals surface area (Å²) in [6.07, 6.45) is 7.47. The van der Waals surface area contributed by atoms with E-state index in [1.165, 1.54) is 32.1 Å². The van der Waals surface area contributed by atoms with Gasteiger partial charge in [0.05, 0.1) is 7.11 Å². The number of hydrogen-bond donors (Lipinski definition) is 1. The van der Waals surface area contributed by atoms with E-state index in [0.29, 0.717) is 6.42 Å². The van der Waals surface area contributed by atoms with Crippen LogP contribution in [0, 0.1) is 5.92 Å². The quantitative estimate of drug-likeness (QED) is 0.649. The molecule has 3 rings (SSSR count). The maximum Gasteiger partial charge on any atom is 0.209 e. The van der Waals surface area contributed by atoms with E-state index in [2.05, 4.69) is 10.2 Å². The van der Waals surface area contributed by atoms with Crippen LogP contribution >= 0.6 is 11.8 Å². The topological polar surface area (TPSA) is 66.0 Å². The molecule has 1 aromatic heterocycles. The predicted octanol–water partition coefficient (Wildman–Crippen LogP) is 3.26. The summed E-state index contributed by atoms with van der Waals surface area (Å²) in [6, 6.07) is 7.96. The van der Waals surface area contributed by atoms with E-state index in [1.807, 2.05) is 24.3 Å². The van der Waals surface area contributed by atoms with Gasteiger partial charge in [-0.2, -0.15) is 0 Å². The van der Waals surface area contributed by atoms with Gasteiger partial charge in [-0.05, 0) is 36.5 Å². The number of benzene rings is 1. The summed E-state index contributed by atoms with van der Waals surface area (Å²) >= 11 is 1.74. The van der Waals surface area contributed by atoms with Crippen LogP contribution in [0.5, 0.6) is 5.75 Å². The molecule has 1 aromatic carbocycles. The minimum absolute atomic E-state index is 0.678. The molecule has 1 saturated carbocycles. The molecule has 0 amide bonds. The third-order valence-corrected chi connectivity index (χ3v) is 5.60. The smallest absolute Gasteiger partial charge is 0.209 e. The average Bonchev–Trinajstić information content (AvgIpc) is 2.95. The molecule has 6 heteroatoms. The van der Waals surface area contributed by atoms with Crippen molar-refractivity contribution in [2.24, 2.45) is 5.92 Å². The lowest BCUT2D eigenvalue weighted by Crippen LogP contribution is -2.15. The first kappa shape index (κ1) is 16.2. The number of thioether (sulfide) groups is 1. The Morgan fingerprint density at radius 3 is 2.61 bits per heavy atom. The van der Waals surface area contributed by atoms with Crippen molar-refractivity contribution < 1.29 is 4.74 Å². The Labute approximate surface area is 141 Å². The van der Waals surface area contributed by atoms with Gasteiger partial charge in [0.2, 0.25) is 5.16 Å². The van der Waals surface area contributed by atoms with Crippen molar-refractivity contribution in [2.75, 3.05) is 18.7 Å². The van der Waals surface area contributed by atoms with E-state index in [4.69, 9.17) is 10.6 Å². The fraction of sp³-hybridized carbons (Fsp3) is 0.529. The summed E-state index contributed by atoms with van der Waals surface area (Å²) in [5.74, 6) is 9.71. The lowest BCUT2D eigenvalue weighted by atomic mass is 9.91. The second-order valence-corrected chi connectivity index (χ2v) is 7.10. The van der Waals surface area contributed by atoms with E-state index >= 15 is 0 Å². The van der Waals surface area contributed by atoms with E-state index < -0.39 is 0 Å². The van der Waals surface area contributed by atoms with Crippen molar-refractivity contribution in [3.05, 3.63) is 35.7 Å². The average molecular weight is 332 g/mol. The molecule has 1 fully saturated rings. The number of hydrogen-bond acceptors (Lipinski definition) is 5. The summed E-state index contributed by atoms with van der Waals surface area (Å²) in [6.45, 7) is 0. The first-order valence-electron chi connectivity index (χ1n) is 8.21. The zero-order valence-corrected chi connectivity index (χ0v) is 14.4. The van der Waals surface area contributed by atoms with Crippen molar-refractivity contribution in [3.63, 3.8) is 0 Å². The Morgan fingerprint density at radius 1 is 1.17 bits per heavy atom. The molecule has 5 nitrogen and oxygen atoms in total. The molecule has 1 aliphatic rings. The van der Waals surface area contributed by atoms with Gasteiger partial charge >= 0.3 is 0 Å². The van der Waals surface area contributed by atoms with Crippen LogP contribution in [0.2, 0.25) is 0 Å². The van der Waals surface area contributed by atoms with Gasteiger partial charge in [-0.15, -0.1) is 10.2 Å². The summed E-state index contributed by atoms with van der Waals surface area (Å²) in [5, 5.41) is 9.33. The number of methoxy groups -OCH3 is 1. The zero-order valence-electron chi connectivity index (χ0n) is 13.6. The first-order valence-corrected chi connectivity index (χ1v) is 9.20. The molecule has 1 aliphatic carbocycles. The highest BCUT2D eigenvalue weighted by Crippen LogP contribution is 2.29. The van der Waals surface area contributed by atoms with Crippen LogP contribution in [0.25, 0.3) is 0 Å². The maximum atomic E-state index is 6.17. The lowest BCUT2D eigenvalue weighted by molar-refractivity contribution is 0.390. The van der Waals surface area contributed by atoms with Crippen molar-refractivity contribution in [1.82, 2.24) is 14.9 Å². The van der Waals surface area contributed by atoms with Gasteiger partial charge < -0.3 is 10.6 Å². The summed E-state index contributed by atoms with van der Waals surface area (Å²) in [7, 11) is 1.67. The summed E-state index contributed by atoms with van der Waals surface area (Å²) < 4.78 is 6.81. The highest BCUT2D eigenvalue weighted by Gasteiger charge is 2.16. The highest BCUT2D eigenvalue weighted by molar-refractivity contribution is 7.99. The molecule has 0 aliphatic heterocycles. The fourth-order valence-electron chi connectivity index (χ4n) is 3.00. The van der Waals surface area contributed by atoms with Crippen LogP contribution in [0.4, 0.5) is 0 Å². The first-order chi connectivity index (χ1) is 11.3. The Balaban J connectivity index is 1.59. The number of aromatic nitrogens is 3. The van der Waals surface area contributed by atoms with Crippen molar-refractivity contribution in [2.45, 2.75) is 43.7 Å². The molecular formula is C17H24N4OS. The van der Waals surface area contributed by atoms with Gasteiger partial charge in [0.1, 0.15) is 5.75 Å². The van der Waals surface area contributed by atoms with Crippen molar-refractivity contribution in [1.29, 1.82) is 0 Å². The minimum Gasteiger partial charge on any atom is -0.497 e. The molecule has 0 radical (unpaired) electrons. The number of ether oxygens (including phenoxy) is 1. The van der Waals surface area contributed by atoms with E-state index in [-0.39, 0.29) is 0 Å². The monoisotopic (exact) mass is 332 g/mol. The second kappa shape index (κ2) is 7.73. The molecule has 23 heavy (non-hydrogen) atoms. The molecule has 0 spiro atoms. The van der Waals surface area contributed by atoms with Gasteiger partial charge in [-0.3, -0.25) is 0 Å². The normalized spacial score (nSPS) is 15.7. The SMILES string of the molecule is COc1ccc(Cc2nnc(SCC3CCCCC3)n2N)cc1. The van der Waals surface area contributed by atoms with Crippen LogP contribution < -0.4 is 10.6 Å². The molecular weight excluding hydrogens is 308 g/mol. The molecule has 2 N–H and O–H groups in total. The number of nitrogen functional groups attached to an aromatic ring is 1. The molecule has 0 atom stereocenters. The molecule has 0 bridgehead atoms. The van der Waals surface area contributed by atoms with Crippen molar-refractivity contribution in [3.8, 4) is 5.75 Å². The summed E-state index contributed by atoms with van der Waals surface area (Å²) in [4.78, 5) is 0. The van der Waals surface area contributed by atoms with Gasteiger partial charge in [-0.25, -0.2) is 4.68 Å². The van der Waals surface area contributed by atoms with Gasteiger partial charge in [0.25, 0.3) is 0 Å². The number of nitrogens with zero attached hydrogens (tertiary/aromatic N) is 3. The van der Waals surface area contributed by atoms with Crippen LogP contribution in [0.1, 0.15) is 43.5 Å². The highest BCUT2D eigenvalue weighted by atomic mass is 32.2. The van der Waals surface area contributed by atoms with E-state index in [0.717, 1.165) is 34.0 Å². The predicted molar refractivity (Wildman–Crippen MR) is 93.3 cm³/mol. The second-order valence-electron chi connectivity index (χ2n) is 6.11. The Kier molecular flexibility index (Phi) is 5.43. The number of nitrogens with two attached hydrogens (primary N) is 1. The van der Waals surface area contributed by atoms with Crippen LogP contribution in [-0.4, -0.2) is 27.7 Å². The third kappa shape index (κ3) is 4.19. The van der Waals surface area contributed by atoms with E-state index in [9.17, 15) is 0 Å². The van der Waals surface area contributed by atoms with Crippen molar-refractivity contribution >= 4 is 11.8 Å². The minimum atomic E-state index is 0.678. The van der Waals surface area contributed by atoms with Crippen LogP contribution in [0.15, 0.2) is 29.4 Å². The Bertz CT molecular complexity index is 620. The molecule has 1 heterocycles. The van der Waals surface area contributed by atoms with Gasteiger partial charge in [0, 0.05) is 12.2 Å². The van der Waals surface area contributed by atoms with Gasteiger partial charge in [0.15, 0.2) is 5.82 Å². The largest absolute Gasteiger partial charge is 0.497 e. The maximum absolute atomic E-state index is 6.17. The fourth-order valence-corrected chi connectivity index (χ4v) is 4.06. The van der Waals surface area contributed by atoms with Gasteiger partial charge in [-0.1, -0.05) is 43.2 Å². The number of rotatable bonds is 6. The zero-order chi connectivity index (χ0) is 16.1. The molecule has 0 saturated heterocycles. The molecule has 0 unspecified atom stereocenters.